The molecule has 5 rings (SSSR count). The standard InChI is InChI=1S/C35H46BrN3O7/c1-4-6-17-27(41)37-20-22(3)45-34(44)28-29-32(42)39(26(21-40)23-13-9-7-10-14-23)31(35(29)19-25(36)30(28)46-35)33(43)38(18-5-2)24-15-11-8-12-16-24/h4-5,7,9-10,13-14,22,24-26,28-31,40H,1-2,6,8,11-12,15-21H2,3H3,(H,37,41)/t22-,25?,26+,28+,29-,30+,31+,35-/m0/s1. The average Bonchev–Trinajstić information content (AvgIpc) is 3.66. The van der Waals surface area contributed by atoms with Gasteiger partial charge >= 0.3 is 5.97 Å². The first-order chi connectivity index (χ1) is 22.2. The molecule has 1 spiro atoms. The second-order valence-corrected chi connectivity index (χ2v) is 14.1. The number of benzene rings is 1. The van der Waals surface area contributed by atoms with Gasteiger partial charge in [0.15, 0.2) is 0 Å². The minimum Gasteiger partial charge on any atom is -0.460 e. The van der Waals surface area contributed by atoms with Gasteiger partial charge in [0.1, 0.15) is 17.7 Å². The van der Waals surface area contributed by atoms with E-state index in [1.165, 1.54) is 4.90 Å². The van der Waals surface area contributed by atoms with Gasteiger partial charge in [-0.15, -0.1) is 13.2 Å². The maximum absolute atomic E-state index is 14.9. The third kappa shape index (κ3) is 6.42. The number of alkyl halides is 1. The van der Waals surface area contributed by atoms with Crippen LogP contribution in [0.15, 0.2) is 55.6 Å². The van der Waals surface area contributed by atoms with Gasteiger partial charge in [-0.05, 0) is 38.2 Å². The Morgan fingerprint density at radius 1 is 1.20 bits per heavy atom. The van der Waals surface area contributed by atoms with Crippen LogP contribution >= 0.6 is 15.9 Å². The number of carbonyl (C=O) groups is 4. The van der Waals surface area contributed by atoms with Crippen LogP contribution in [0.25, 0.3) is 0 Å². The zero-order valence-corrected chi connectivity index (χ0v) is 28.1. The second-order valence-electron chi connectivity index (χ2n) is 13.0. The molecule has 3 saturated heterocycles. The summed E-state index contributed by atoms with van der Waals surface area (Å²) in [6.07, 6.45) is 8.07. The van der Waals surface area contributed by atoms with Gasteiger partial charge in [0.25, 0.3) is 0 Å². The Labute approximate surface area is 279 Å². The van der Waals surface area contributed by atoms with Gasteiger partial charge in [0.2, 0.25) is 17.7 Å². The third-order valence-corrected chi connectivity index (χ3v) is 10.9. The van der Waals surface area contributed by atoms with Crippen molar-refractivity contribution in [3.63, 3.8) is 0 Å². The number of aliphatic hydroxyl groups excluding tert-OH is 1. The number of fused-ring (bicyclic) bond motifs is 1. The number of nitrogens with one attached hydrogen (secondary N) is 1. The molecule has 0 aromatic heterocycles. The molecule has 46 heavy (non-hydrogen) atoms. The van der Waals surface area contributed by atoms with Crippen molar-refractivity contribution < 1.29 is 33.8 Å². The maximum Gasteiger partial charge on any atom is 0.312 e. The number of ether oxygens (including phenoxy) is 2. The second kappa shape index (κ2) is 14.8. The minimum atomic E-state index is -1.30. The molecule has 3 aliphatic heterocycles. The van der Waals surface area contributed by atoms with Crippen LogP contribution in [0.2, 0.25) is 0 Å². The smallest absolute Gasteiger partial charge is 0.312 e. The summed E-state index contributed by atoms with van der Waals surface area (Å²) in [6, 6.07) is 7.27. The minimum absolute atomic E-state index is 0.00220. The summed E-state index contributed by atoms with van der Waals surface area (Å²) in [6.45, 7) is 9.26. The molecule has 8 atom stereocenters. The summed E-state index contributed by atoms with van der Waals surface area (Å²) in [7, 11) is 0. The van der Waals surface area contributed by atoms with E-state index in [2.05, 4.69) is 34.4 Å². The molecule has 250 valence electrons. The summed E-state index contributed by atoms with van der Waals surface area (Å²) in [4.78, 5) is 58.6. The number of esters is 1. The van der Waals surface area contributed by atoms with Gasteiger partial charge in [-0.2, -0.15) is 0 Å². The number of halogens is 1. The van der Waals surface area contributed by atoms with Crippen molar-refractivity contribution in [2.75, 3.05) is 19.7 Å². The van der Waals surface area contributed by atoms with Crippen molar-refractivity contribution in [1.29, 1.82) is 0 Å². The molecule has 0 radical (unpaired) electrons. The number of hydrogen-bond acceptors (Lipinski definition) is 7. The van der Waals surface area contributed by atoms with E-state index >= 15 is 0 Å². The molecule has 1 saturated carbocycles. The number of allylic oxidation sites excluding steroid dienone is 1. The van der Waals surface area contributed by atoms with Crippen LogP contribution < -0.4 is 5.32 Å². The van der Waals surface area contributed by atoms with Crippen LogP contribution in [0.1, 0.15) is 69.9 Å². The third-order valence-electron chi connectivity index (χ3n) is 10.0. The molecule has 3 heterocycles. The number of nitrogens with zero attached hydrogens (tertiary/aromatic N) is 2. The van der Waals surface area contributed by atoms with Gasteiger partial charge in [-0.25, -0.2) is 0 Å². The van der Waals surface area contributed by atoms with Crippen LogP contribution in [0.5, 0.6) is 0 Å². The van der Waals surface area contributed by atoms with Gasteiger partial charge in [0, 0.05) is 23.8 Å². The highest BCUT2D eigenvalue weighted by Crippen LogP contribution is 2.61. The molecule has 11 heteroatoms. The van der Waals surface area contributed by atoms with E-state index in [1.807, 2.05) is 35.2 Å². The van der Waals surface area contributed by atoms with E-state index in [4.69, 9.17) is 9.47 Å². The summed E-state index contributed by atoms with van der Waals surface area (Å²) in [5.41, 5.74) is -0.611. The monoisotopic (exact) mass is 699 g/mol. The van der Waals surface area contributed by atoms with E-state index in [0.29, 0.717) is 24.9 Å². The topological polar surface area (TPSA) is 125 Å². The number of rotatable bonds is 14. The zero-order valence-electron chi connectivity index (χ0n) is 26.5. The van der Waals surface area contributed by atoms with E-state index in [1.54, 1.807) is 19.1 Å². The number of aliphatic hydroxyl groups is 1. The predicted octanol–water partition coefficient (Wildman–Crippen LogP) is 3.83. The fourth-order valence-electron chi connectivity index (χ4n) is 7.99. The van der Waals surface area contributed by atoms with Crippen LogP contribution in [0.4, 0.5) is 0 Å². The molecular formula is C35H46BrN3O7. The predicted molar refractivity (Wildman–Crippen MR) is 176 cm³/mol. The number of hydrogen-bond donors (Lipinski definition) is 2. The van der Waals surface area contributed by atoms with Crippen LogP contribution in [0, 0.1) is 11.8 Å². The van der Waals surface area contributed by atoms with Gasteiger partial charge in [-0.1, -0.05) is 77.7 Å². The van der Waals surface area contributed by atoms with Crippen molar-refractivity contribution in [2.45, 2.75) is 99.1 Å². The number of amides is 3. The van der Waals surface area contributed by atoms with Crippen LogP contribution in [-0.2, 0) is 28.7 Å². The van der Waals surface area contributed by atoms with Gasteiger partial charge in [0.05, 0.1) is 37.1 Å². The fourth-order valence-corrected chi connectivity index (χ4v) is 8.93. The molecule has 1 aliphatic carbocycles. The maximum atomic E-state index is 14.9. The molecule has 4 aliphatic rings. The first kappa shape index (κ1) is 34.3. The lowest BCUT2D eigenvalue weighted by atomic mass is 9.70. The molecule has 2 bridgehead atoms. The summed E-state index contributed by atoms with van der Waals surface area (Å²) < 4.78 is 12.5. The molecule has 2 N–H and O–H groups in total. The summed E-state index contributed by atoms with van der Waals surface area (Å²) in [5, 5.41) is 13.5. The summed E-state index contributed by atoms with van der Waals surface area (Å²) in [5.74, 6) is -3.38. The van der Waals surface area contributed by atoms with E-state index in [9.17, 15) is 24.3 Å². The lowest BCUT2D eigenvalue weighted by Gasteiger charge is -2.42. The largest absolute Gasteiger partial charge is 0.460 e. The molecule has 1 aromatic carbocycles. The summed E-state index contributed by atoms with van der Waals surface area (Å²) >= 11 is 3.72. The number of carbonyl (C=O) groups excluding carboxylic acids is 4. The SMILES string of the molecule is C=CCCC(=O)NC[C@H](C)OC(=O)[C@H]1[C@@H]2O[C@@]3(CC2Br)[C@@H]1C(=O)N([C@H](CO)c1ccccc1)[C@@H]3C(=O)N(CC=C)C1CCCCC1. The highest BCUT2D eigenvalue weighted by atomic mass is 79.9. The highest BCUT2D eigenvalue weighted by Gasteiger charge is 2.77. The molecule has 10 nitrogen and oxygen atoms in total. The zero-order chi connectivity index (χ0) is 33.0. The molecule has 1 unspecified atom stereocenters. The Bertz CT molecular complexity index is 1300. The van der Waals surface area contributed by atoms with E-state index < -0.39 is 60.2 Å². The number of likely N-dealkylation sites (tertiary alicyclic amines) is 1. The normalized spacial score (nSPS) is 29.9. The van der Waals surface area contributed by atoms with Crippen molar-refractivity contribution in [2.24, 2.45) is 11.8 Å². The van der Waals surface area contributed by atoms with Gasteiger partial charge < -0.3 is 29.7 Å². The lowest BCUT2D eigenvalue weighted by molar-refractivity contribution is -0.160. The van der Waals surface area contributed by atoms with Crippen molar-refractivity contribution >= 4 is 39.6 Å². The van der Waals surface area contributed by atoms with E-state index in [-0.39, 0.29) is 35.6 Å². The Hall–Kier alpha value is -3.02. The van der Waals surface area contributed by atoms with Crippen molar-refractivity contribution in [3.8, 4) is 0 Å². The first-order valence-electron chi connectivity index (χ1n) is 16.5. The van der Waals surface area contributed by atoms with Gasteiger partial charge in [-0.3, -0.25) is 19.2 Å². The Morgan fingerprint density at radius 2 is 1.91 bits per heavy atom. The Balaban J connectivity index is 1.49. The molecule has 1 aromatic rings. The van der Waals surface area contributed by atoms with Crippen molar-refractivity contribution in [1.82, 2.24) is 15.1 Å². The highest BCUT2D eigenvalue weighted by molar-refractivity contribution is 9.09. The average molecular weight is 701 g/mol. The quantitative estimate of drug-likeness (QED) is 0.172. The fraction of sp³-hybridized carbons (Fsp3) is 0.600. The van der Waals surface area contributed by atoms with Crippen LogP contribution in [0.3, 0.4) is 0 Å². The first-order valence-corrected chi connectivity index (χ1v) is 17.4. The van der Waals surface area contributed by atoms with Crippen LogP contribution in [-0.4, -0.2) is 93.0 Å². The van der Waals surface area contributed by atoms with Crippen molar-refractivity contribution in [3.05, 3.63) is 61.2 Å². The Morgan fingerprint density at radius 3 is 2.57 bits per heavy atom. The molecule has 4 fully saturated rings. The molecule has 3 amide bonds. The van der Waals surface area contributed by atoms with E-state index in [0.717, 1.165) is 32.1 Å². The lowest BCUT2D eigenvalue weighted by Crippen LogP contribution is -2.59. The Kier molecular flexibility index (Phi) is 11.1. The molecular weight excluding hydrogens is 654 g/mol.